The number of likely N-dealkylation sites (N-methyl/N-ethyl adjacent to an activating group) is 1. The van der Waals surface area contributed by atoms with Crippen molar-refractivity contribution in [1.29, 1.82) is 0 Å². The minimum atomic E-state index is -1.73. The van der Waals surface area contributed by atoms with Crippen molar-refractivity contribution >= 4 is 23.2 Å². The maximum absolute atomic E-state index is 14.7. The Balaban J connectivity index is 1.76. The van der Waals surface area contributed by atoms with Gasteiger partial charge in [-0.15, -0.1) is 11.3 Å². The van der Waals surface area contributed by atoms with Crippen LogP contribution in [0.1, 0.15) is 59.5 Å². The minimum Gasteiger partial charge on any atom is -0.496 e. The topological polar surface area (TPSA) is 101 Å². The number of carbonyl (C=O) groups excluding carboxylic acids is 1. The molecule has 5 rings (SSSR count). The van der Waals surface area contributed by atoms with E-state index in [4.69, 9.17) is 4.74 Å². The number of methoxy groups -OCH3 is 1. The van der Waals surface area contributed by atoms with Crippen LogP contribution in [0.5, 0.6) is 5.75 Å². The number of rotatable bonds is 7. The monoisotopic (exact) mass is 559 g/mol. The standard InChI is InChI=1S/C30H33N5O4S/c1-29(2,3)22-13-12-21(18-23(22)39-5)27(36)35-26(25-31-15-17-40-25)33(4)24(20-10-7-6-8-11-20)30(35,28(37)38)19-34-16-9-14-32-34/h6-18,24,26H,19H2,1-5H3,(H,37,38). The molecule has 208 valence electrons. The van der Waals surface area contributed by atoms with Gasteiger partial charge in [-0.05, 0) is 41.8 Å². The number of aliphatic carboxylic acids is 1. The maximum atomic E-state index is 14.7. The smallest absolute Gasteiger partial charge is 0.333 e. The molecule has 2 aromatic heterocycles. The van der Waals surface area contributed by atoms with Crippen molar-refractivity contribution in [3.8, 4) is 5.75 Å². The molecule has 1 aliphatic heterocycles. The Morgan fingerprint density at radius 1 is 1.10 bits per heavy atom. The number of benzene rings is 2. The molecule has 0 aliphatic carbocycles. The molecule has 0 spiro atoms. The lowest BCUT2D eigenvalue weighted by Crippen LogP contribution is -2.59. The molecule has 3 heterocycles. The van der Waals surface area contributed by atoms with Crippen LogP contribution in [0.4, 0.5) is 0 Å². The number of hydrogen-bond acceptors (Lipinski definition) is 7. The molecular weight excluding hydrogens is 526 g/mol. The first-order valence-electron chi connectivity index (χ1n) is 13.0. The molecule has 40 heavy (non-hydrogen) atoms. The molecule has 1 fully saturated rings. The summed E-state index contributed by atoms with van der Waals surface area (Å²) in [5.74, 6) is -0.988. The fourth-order valence-corrected chi connectivity index (χ4v) is 6.55. The molecule has 9 nitrogen and oxygen atoms in total. The first-order valence-corrected chi connectivity index (χ1v) is 13.9. The zero-order valence-corrected chi connectivity index (χ0v) is 24.0. The zero-order chi connectivity index (χ0) is 28.7. The fraction of sp³-hybridized carbons (Fsp3) is 0.333. The van der Waals surface area contributed by atoms with Crippen LogP contribution in [0.2, 0.25) is 0 Å². The van der Waals surface area contributed by atoms with Crippen molar-refractivity contribution in [2.24, 2.45) is 0 Å². The number of ether oxygens (including phenoxy) is 1. The first kappa shape index (κ1) is 27.5. The van der Waals surface area contributed by atoms with Gasteiger partial charge < -0.3 is 9.84 Å². The van der Waals surface area contributed by atoms with Gasteiger partial charge >= 0.3 is 5.97 Å². The Morgan fingerprint density at radius 2 is 1.85 bits per heavy atom. The largest absolute Gasteiger partial charge is 0.496 e. The zero-order valence-electron chi connectivity index (χ0n) is 23.2. The van der Waals surface area contributed by atoms with Gasteiger partial charge in [0.05, 0.1) is 19.7 Å². The van der Waals surface area contributed by atoms with Crippen LogP contribution in [-0.4, -0.2) is 61.2 Å². The minimum absolute atomic E-state index is 0.0654. The van der Waals surface area contributed by atoms with Gasteiger partial charge in [-0.3, -0.25) is 19.3 Å². The van der Waals surface area contributed by atoms with Gasteiger partial charge in [0.1, 0.15) is 16.9 Å². The summed E-state index contributed by atoms with van der Waals surface area (Å²) in [5, 5.41) is 17.9. The molecule has 1 N–H and O–H groups in total. The molecule has 1 amide bonds. The van der Waals surface area contributed by atoms with E-state index in [1.165, 1.54) is 16.2 Å². The highest BCUT2D eigenvalue weighted by molar-refractivity contribution is 7.09. The second-order valence-electron chi connectivity index (χ2n) is 11.0. The normalized spacial score (nSPS) is 21.5. The van der Waals surface area contributed by atoms with E-state index in [9.17, 15) is 14.7 Å². The van der Waals surface area contributed by atoms with Crippen LogP contribution in [0.15, 0.2) is 78.6 Å². The van der Waals surface area contributed by atoms with E-state index in [-0.39, 0.29) is 12.0 Å². The van der Waals surface area contributed by atoms with Gasteiger partial charge in [0, 0.05) is 29.5 Å². The number of carbonyl (C=O) groups is 2. The lowest BCUT2D eigenvalue weighted by Gasteiger charge is -2.39. The molecule has 0 saturated carbocycles. The Morgan fingerprint density at radius 3 is 2.42 bits per heavy atom. The lowest BCUT2D eigenvalue weighted by atomic mass is 9.83. The van der Waals surface area contributed by atoms with Crippen LogP contribution >= 0.6 is 11.3 Å². The number of carboxylic acid groups (broad SMARTS) is 1. The Labute approximate surface area is 237 Å². The molecular formula is C30H33N5O4S. The van der Waals surface area contributed by atoms with Crippen molar-refractivity contribution in [2.45, 2.75) is 50.5 Å². The third-order valence-corrected chi connectivity index (χ3v) is 8.33. The highest BCUT2D eigenvalue weighted by atomic mass is 32.1. The van der Waals surface area contributed by atoms with E-state index >= 15 is 0 Å². The second-order valence-corrected chi connectivity index (χ2v) is 11.9. The van der Waals surface area contributed by atoms with E-state index in [1.54, 1.807) is 48.6 Å². The molecule has 1 aliphatic rings. The highest BCUT2D eigenvalue weighted by Crippen LogP contribution is 2.52. The molecule has 0 bridgehead atoms. The SMILES string of the molecule is COc1cc(C(=O)N2C(c3nccs3)N(C)C(c3ccccc3)C2(Cn2cccn2)C(=O)O)ccc1C(C)(C)C. The third kappa shape index (κ3) is 4.56. The van der Waals surface area contributed by atoms with Crippen molar-refractivity contribution in [3.63, 3.8) is 0 Å². The molecule has 3 unspecified atom stereocenters. The van der Waals surface area contributed by atoms with Gasteiger partial charge in [0.2, 0.25) is 0 Å². The molecule has 4 aromatic rings. The molecule has 10 heteroatoms. The summed E-state index contributed by atoms with van der Waals surface area (Å²) in [4.78, 5) is 36.3. The Kier molecular flexibility index (Phi) is 7.24. The van der Waals surface area contributed by atoms with Gasteiger partial charge in [-0.25, -0.2) is 9.78 Å². The van der Waals surface area contributed by atoms with Crippen molar-refractivity contribution < 1.29 is 19.4 Å². The number of thiazole rings is 1. The quantitative estimate of drug-likeness (QED) is 0.340. The molecule has 1 saturated heterocycles. The fourth-order valence-electron chi connectivity index (χ4n) is 5.77. The second kappa shape index (κ2) is 10.5. The predicted octanol–water partition coefficient (Wildman–Crippen LogP) is 5.00. The van der Waals surface area contributed by atoms with Crippen LogP contribution < -0.4 is 4.74 Å². The first-order chi connectivity index (χ1) is 19.1. The predicted molar refractivity (Wildman–Crippen MR) is 152 cm³/mol. The number of hydrogen-bond donors (Lipinski definition) is 1. The molecule has 0 radical (unpaired) electrons. The van der Waals surface area contributed by atoms with Crippen LogP contribution in [0.3, 0.4) is 0 Å². The van der Waals surface area contributed by atoms with E-state index in [0.29, 0.717) is 16.3 Å². The summed E-state index contributed by atoms with van der Waals surface area (Å²) in [7, 11) is 3.42. The molecule has 3 atom stereocenters. The van der Waals surface area contributed by atoms with Crippen LogP contribution in [-0.2, 0) is 16.8 Å². The van der Waals surface area contributed by atoms with E-state index < -0.39 is 29.6 Å². The summed E-state index contributed by atoms with van der Waals surface area (Å²) < 4.78 is 7.27. The summed E-state index contributed by atoms with van der Waals surface area (Å²) in [6.45, 7) is 6.16. The maximum Gasteiger partial charge on any atom is 0.333 e. The van der Waals surface area contributed by atoms with Crippen LogP contribution in [0.25, 0.3) is 0 Å². The average Bonchev–Trinajstić information content (AvgIpc) is 3.69. The summed E-state index contributed by atoms with van der Waals surface area (Å²) in [5.41, 5.74) is 0.111. The number of aromatic nitrogens is 3. The van der Waals surface area contributed by atoms with Gasteiger partial charge in [0.15, 0.2) is 5.54 Å². The summed E-state index contributed by atoms with van der Waals surface area (Å²) in [6, 6.07) is 15.8. The van der Waals surface area contributed by atoms with Gasteiger partial charge in [0.25, 0.3) is 5.91 Å². The number of nitrogens with zero attached hydrogens (tertiary/aromatic N) is 5. The van der Waals surface area contributed by atoms with Crippen molar-refractivity contribution in [3.05, 3.63) is 100 Å². The van der Waals surface area contributed by atoms with Gasteiger partial charge in [-0.1, -0.05) is 57.2 Å². The van der Waals surface area contributed by atoms with Crippen molar-refractivity contribution in [2.75, 3.05) is 14.2 Å². The Bertz CT molecular complexity index is 1480. The summed E-state index contributed by atoms with van der Waals surface area (Å²) in [6.07, 6.45) is 4.25. The highest BCUT2D eigenvalue weighted by Gasteiger charge is 2.65. The summed E-state index contributed by atoms with van der Waals surface area (Å²) >= 11 is 1.38. The Hall–Kier alpha value is -4.02. The number of carboxylic acids is 1. The number of amides is 1. The lowest BCUT2D eigenvalue weighted by molar-refractivity contribution is -0.151. The van der Waals surface area contributed by atoms with E-state index in [2.05, 4.69) is 30.9 Å². The van der Waals surface area contributed by atoms with E-state index in [0.717, 1.165) is 11.1 Å². The van der Waals surface area contributed by atoms with E-state index in [1.807, 2.05) is 53.7 Å². The average molecular weight is 560 g/mol. The third-order valence-electron chi connectivity index (χ3n) is 7.52. The van der Waals surface area contributed by atoms with Crippen LogP contribution in [0, 0.1) is 0 Å². The molecule has 2 aromatic carbocycles. The van der Waals surface area contributed by atoms with Gasteiger partial charge in [-0.2, -0.15) is 5.10 Å². The van der Waals surface area contributed by atoms with Crippen molar-refractivity contribution in [1.82, 2.24) is 24.6 Å².